The van der Waals surface area contributed by atoms with Crippen molar-refractivity contribution in [2.24, 2.45) is 0 Å². The van der Waals surface area contributed by atoms with Crippen LogP contribution in [0.4, 0.5) is 11.4 Å². The molecule has 3 aromatic carbocycles. The highest BCUT2D eigenvalue weighted by Crippen LogP contribution is 2.31. The van der Waals surface area contributed by atoms with Crippen molar-refractivity contribution in [1.82, 2.24) is 19.3 Å². The van der Waals surface area contributed by atoms with E-state index < -0.39 is 0 Å². The Bertz CT molecular complexity index is 1440. The van der Waals surface area contributed by atoms with Crippen LogP contribution in [0.2, 0.25) is 0 Å². The van der Waals surface area contributed by atoms with Gasteiger partial charge in [-0.1, -0.05) is 66.7 Å². The van der Waals surface area contributed by atoms with E-state index >= 15 is 0 Å². The number of nitrogens with zero attached hydrogens (tertiary/aromatic N) is 6. The highest BCUT2D eigenvalue weighted by Gasteiger charge is 2.27. The number of para-hydroxylation sites is 2. The predicted octanol–water partition coefficient (Wildman–Crippen LogP) is 6.43. The van der Waals surface area contributed by atoms with Crippen LogP contribution in [-0.2, 0) is 0 Å². The van der Waals surface area contributed by atoms with E-state index in [1.54, 1.807) is 0 Å². The third-order valence-electron chi connectivity index (χ3n) is 7.76. The van der Waals surface area contributed by atoms with E-state index in [2.05, 4.69) is 150 Å². The van der Waals surface area contributed by atoms with Crippen molar-refractivity contribution in [3.63, 3.8) is 0 Å². The number of hydrogen-bond donors (Lipinski definition) is 0. The Morgan fingerprint density at radius 2 is 1.08 bits per heavy atom. The fourth-order valence-corrected chi connectivity index (χ4v) is 5.92. The minimum Gasteiger partial charge on any atom is -0.519 e. The molecule has 0 atom stereocenters. The Kier molecular flexibility index (Phi) is 6.43. The third kappa shape index (κ3) is 4.58. The molecule has 1 aromatic heterocycles. The second-order valence-corrected chi connectivity index (χ2v) is 10.7. The Balaban J connectivity index is 1.36. The standard InChI is InChI=1S/C32H35BN6/c1-24-11-9-12-25(2)31(24)35-17-19-37(22-35)33(39-28(5)21-30(34-39)29-15-7-6-8-16-29)38-20-18-36(23-38)32-26(3)13-10-14-27(32)4/h6-21H,22-23H2,1-5H3/q-1. The van der Waals surface area contributed by atoms with Crippen LogP contribution in [0.1, 0.15) is 27.9 Å². The molecule has 0 amide bonds. The summed E-state index contributed by atoms with van der Waals surface area (Å²) in [6.07, 6.45) is 8.80. The molecule has 0 spiro atoms. The fraction of sp³-hybridized carbons (Fsp3) is 0.219. The molecule has 1 radical (unpaired) electrons. The van der Waals surface area contributed by atoms with Crippen molar-refractivity contribution in [2.75, 3.05) is 23.1 Å². The highest BCUT2D eigenvalue weighted by atomic mass is 15.5. The van der Waals surface area contributed by atoms with Crippen LogP contribution in [0.3, 0.4) is 0 Å². The van der Waals surface area contributed by atoms with Gasteiger partial charge in [0.05, 0.1) is 19.0 Å². The molecule has 6 nitrogen and oxygen atoms in total. The Morgan fingerprint density at radius 3 is 1.56 bits per heavy atom. The van der Waals surface area contributed by atoms with Crippen molar-refractivity contribution in [1.29, 1.82) is 0 Å². The monoisotopic (exact) mass is 514 g/mol. The predicted molar refractivity (Wildman–Crippen MR) is 162 cm³/mol. The molecule has 3 heterocycles. The Labute approximate surface area is 232 Å². The van der Waals surface area contributed by atoms with Crippen LogP contribution in [0.5, 0.6) is 0 Å². The topological polar surface area (TPSA) is 30.8 Å². The maximum absolute atomic E-state index is 5.16. The number of benzene rings is 3. The summed E-state index contributed by atoms with van der Waals surface area (Å²) in [6, 6.07) is 25.6. The summed E-state index contributed by atoms with van der Waals surface area (Å²) in [6.45, 7) is 12.4. The van der Waals surface area contributed by atoms with Crippen LogP contribution in [0, 0.1) is 34.6 Å². The van der Waals surface area contributed by atoms with Gasteiger partial charge < -0.3 is 24.0 Å². The van der Waals surface area contributed by atoms with Crippen LogP contribution in [0.15, 0.2) is 97.6 Å². The summed E-state index contributed by atoms with van der Waals surface area (Å²) in [5.41, 5.74) is 10.9. The first kappa shape index (κ1) is 24.9. The summed E-state index contributed by atoms with van der Waals surface area (Å²) in [4.78, 5) is 9.44. The zero-order valence-electron chi connectivity index (χ0n) is 23.4. The molecule has 0 N–H and O–H groups in total. The molecular weight excluding hydrogens is 479 g/mol. The van der Waals surface area contributed by atoms with Crippen molar-refractivity contribution in [3.05, 3.63) is 126 Å². The lowest BCUT2D eigenvalue weighted by Crippen LogP contribution is -2.55. The van der Waals surface area contributed by atoms with E-state index in [4.69, 9.17) is 5.10 Å². The van der Waals surface area contributed by atoms with E-state index in [1.807, 2.05) is 6.07 Å². The smallest absolute Gasteiger partial charge is 0.217 e. The lowest BCUT2D eigenvalue weighted by Gasteiger charge is -2.47. The first-order valence-corrected chi connectivity index (χ1v) is 13.6. The number of rotatable bonds is 6. The molecule has 4 aromatic rings. The molecule has 0 bridgehead atoms. The normalized spacial score (nSPS) is 14.9. The largest absolute Gasteiger partial charge is 0.519 e. The molecule has 197 valence electrons. The highest BCUT2D eigenvalue weighted by molar-refractivity contribution is 6.51. The van der Waals surface area contributed by atoms with Crippen molar-refractivity contribution >= 4 is 18.5 Å². The summed E-state index contributed by atoms with van der Waals surface area (Å²) in [5, 5.41) is 5.16. The zero-order chi connectivity index (χ0) is 27.1. The van der Waals surface area contributed by atoms with Gasteiger partial charge in [-0.15, -0.1) is 0 Å². The molecule has 0 fully saturated rings. The molecule has 0 saturated heterocycles. The first-order valence-electron chi connectivity index (χ1n) is 13.6. The van der Waals surface area contributed by atoms with E-state index in [-0.39, 0.29) is 7.12 Å². The summed E-state index contributed by atoms with van der Waals surface area (Å²) < 4.78 is 2.17. The number of aromatic nitrogens is 2. The van der Waals surface area contributed by atoms with Gasteiger partial charge in [0.25, 0.3) is 0 Å². The minimum absolute atomic E-state index is 0.126. The lowest BCUT2D eigenvalue weighted by atomic mass is 9.88. The molecule has 2 aliphatic rings. The number of hydrogen-bond acceptors (Lipinski definition) is 5. The van der Waals surface area contributed by atoms with Crippen LogP contribution >= 0.6 is 0 Å². The van der Waals surface area contributed by atoms with Crippen molar-refractivity contribution in [3.8, 4) is 11.3 Å². The van der Waals surface area contributed by atoms with Crippen LogP contribution < -0.4 is 9.80 Å². The van der Waals surface area contributed by atoms with Gasteiger partial charge in [0.2, 0.25) is 7.12 Å². The molecule has 2 aliphatic heterocycles. The number of anilines is 2. The van der Waals surface area contributed by atoms with Crippen molar-refractivity contribution in [2.45, 2.75) is 34.6 Å². The zero-order valence-corrected chi connectivity index (χ0v) is 23.4. The van der Waals surface area contributed by atoms with Gasteiger partial charge in [-0.2, -0.15) is 0 Å². The summed E-state index contributed by atoms with van der Waals surface area (Å²) in [7, 11) is -0.126. The van der Waals surface area contributed by atoms with E-state index in [0.717, 1.165) is 30.3 Å². The average molecular weight is 514 g/mol. The Hall–Kier alpha value is -4.39. The first-order chi connectivity index (χ1) is 18.9. The maximum atomic E-state index is 5.16. The van der Waals surface area contributed by atoms with Gasteiger partial charge in [0.1, 0.15) is 0 Å². The van der Waals surface area contributed by atoms with E-state index in [9.17, 15) is 0 Å². The fourth-order valence-electron chi connectivity index (χ4n) is 5.92. The van der Waals surface area contributed by atoms with E-state index in [0.29, 0.717) is 0 Å². The second kappa shape index (κ2) is 10.1. The van der Waals surface area contributed by atoms with Crippen LogP contribution in [-0.4, -0.2) is 39.8 Å². The molecule has 0 unspecified atom stereocenters. The van der Waals surface area contributed by atoms with Crippen molar-refractivity contribution < 1.29 is 0 Å². The lowest BCUT2D eigenvalue weighted by molar-refractivity contribution is 0.480. The minimum atomic E-state index is -0.126. The van der Waals surface area contributed by atoms with Gasteiger partial charge >= 0.3 is 0 Å². The molecule has 0 saturated carbocycles. The van der Waals surface area contributed by atoms with Gasteiger partial charge in [-0.05, 0) is 81.0 Å². The maximum Gasteiger partial charge on any atom is 0.217 e. The second-order valence-electron chi connectivity index (χ2n) is 10.7. The van der Waals surface area contributed by atoms with E-state index in [1.165, 1.54) is 33.6 Å². The summed E-state index contributed by atoms with van der Waals surface area (Å²) >= 11 is 0. The Morgan fingerprint density at radius 1 is 0.590 bits per heavy atom. The molecule has 6 rings (SSSR count). The van der Waals surface area contributed by atoms with Gasteiger partial charge in [0, 0.05) is 29.3 Å². The molecule has 39 heavy (non-hydrogen) atoms. The number of aryl methyl sites for hydroxylation is 5. The molecule has 0 aliphatic carbocycles. The van der Waals surface area contributed by atoms with Gasteiger partial charge in [-0.3, -0.25) is 0 Å². The van der Waals surface area contributed by atoms with Crippen LogP contribution in [0.25, 0.3) is 11.3 Å². The third-order valence-corrected chi connectivity index (χ3v) is 7.76. The SMILES string of the molecule is Cc1cccc(C)c1N1C=CN([B-](N2C=CN(c3c(C)cccc3C)C2)n2nc(-c3ccccc3)cc2C)C1. The quantitative estimate of drug-likeness (QED) is 0.277. The van der Waals surface area contributed by atoms with Gasteiger partial charge in [-0.25, -0.2) is 5.10 Å². The van der Waals surface area contributed by atoms with Gasteiger partial charge in [0.15, 0.2) is 0 Å². The molecular formula is C32H35BN6-. The molecule has 7 heteroatoms. The average Bonchev–Trinajstić information content (AvgIpc) is 3.67. The summed E-state index contributed by atoms with van der Waals surface area (Å²) in [5.74, 6) is 0.